The molecule has 5 rings (SSSR count). The van der Waals surface area contributed by atoms with Crippen molar-refractivity contribution in [1.29, 1.82) is 0 Å². The number of rotatable bonds is 7. The van der Waals surface area contributed by atoms with Crippen molar-refractivity contribution in [3.05, 3.63) is 102 Å². The zero-order valence-corrected chi connectivity index (χ0v) is 19.7. The van der Waals surface area contributed by atoms with E-state index in [0.29, 0.717) is 29.1 Å². The third-order valence-corrected chi connectivity index (χ3v) is 6.96. The van der Waals surface area contributed by atoms with Crippen molar-refractivity contribution in [2.45, 2.75) is 18.4 Å². The molecule has 0 spiro atoms. The van der Waals surface area contributed by atoms with Gasteiger partial charge in [-0.05, 0) is 48.9 Å². The molecule has 35 heavy (non-hydrogen) atoms. The largest absolute Gasteiger partial charge is 0.507 e. The van der Waals surface area contributed by atoms with Crippen molar-refractivity contribution in [3.8, 4) is 17.0 Å². The summed E-state index contributed by atoms with van der Waals surface area (Å²) in [4.78, 5) is 4.90. The van der Waals surface area contributed by atoms with Crippen molar-refractivity contribution in [2.24, 2.45) is 0 Å². The Hall–Kier alpha value is -4.37. The number of para-hydroxylation sites is 1. The molecule has 0 amide bonds. The van der Waals surface area contributed by atoms with Gasteiger partial charge in [-0.2, -0.15) is 9.61 Å². The summed E-state index contributed by atoms with van der Waals surface area (Å²) < 4.78 is 29.4. The van der Waals surface area contributed by atoms with Crippen LogP contribution in [-0.4, -0.2) is 28.1 Å². The molecular formula is C26H23N5O3S. The molecular weight excluding hydrogens is 462 g/mol. The molecule has 0 atom stereocenters. The lowest BCUT2D eigenvalue weighted by Gasteiger charge is -2.12. The van der Waals surface area contributed by atoms with E-state index in [1.54, 1.807) is 65.3 Å². The molecule has 0 unspecified atom stereocenters. The fourth-order valence-corrected chi connectivity index (χ4v) is 4.80. The summed E-state index contributed by atoms with van der Waals surface area (Å²) in [7, 11) is -3.64. The molecule has 176 valence electrons. The van der Waals surface area contributed by atoms with Gasteiger partial charge in [0.05, 0.1) is 16.8 Å². The summed E-state index contributed by atoms with van der Waals surface area (Å²) in [5.74, 6) is 0.872. The van der Waals surface area contributed by atoms with E-state index >= 15 is 0 Å². The van der Waals surface area contributed by atoms with Crippen LogP contribution in [0.4, 0.5) is 11.5 Å². The normalized spacial score (nSPS) is 11.5. The van der Waals surface area contributed by atoms with E-state index in [-0.39, 0.29) is 10.6 Å². The SMILES string of the molecule is Cc1cnn2c(NCc3ccc(NS(=O)(=O)c4ccccc4)cc3)cc(-c3ccccc3O)nc12. The van der Waals surface area contributed by atoms with Gasteiger partial charge in [0.2, 0.25) is 0 Å². The standard InChI is InChI=1S/C26H23N5O3S/c1-18-16-28-31-25(15-23(29-26(18)31)22-9-5-6-10-24(22)32)27-17-19-11-13-20(14-12-19)30-35(33,34)21-7-3-2-4-8-21/h2-16,27,30,32H,17H2,1H3. The quantitative estimate of drug-likeness (QED) is 0.305. The first-order valence-electron chi connectivity index (χ1n) is 11.0. The van der Waals surface area contributed by atoms with Crippen LogP contribution in [0, 0.1) is 6.92 Å². The molecule has 0 aliphatic rings. The van der Waals surface area contributed by atoms with Crippen LogP contribution in [0.1, 0.15) is 11.1 Å². The third kappa shape index (κ3) is 4.67. The van der Waals surface area contributed by atoms with Crippen LogP contribution >= 0.6 is 0 Å². The highest BCUT2D eigenvalue weighted by Gasteiger charge is 2.14. The number of hydrogen-bond donors (Lipinski definition) is 3. The number of anilines is 2. The lowest BCUT2D eigenvalue weighted by Crippen LogP contribution is -2.12. The number of nitrogens with zero attached hydrogens (tertiary/aromatic N) is 3. The summed E-state index contributed by atoms with van der Waals surface area (Å²) in [6.07, 6.45) is 1.75. The van der Waals surface area contributed by atoms with Gasteiger partial charge in [-0.15, -0.1) is 0 Å². The van der Waals surface area contributed by atoms with Crippen molar-refractivity contribution in [3.63, 3.8) is 0 Å². The number of aromatic nitrogens is 3. The van der Waals surface area contributed by atoms with E-state index in [2.05, 4.69) is 20.1 Å². The number of sulfonamides is 1. The Kier molecular flexibility index (Phi) is 5.84. The highest BCUT2D eigenvalue weighted by Crippen LogP contribution is 2.30. The Morgan fingerprint density at radius 1 is 0.943 bits per heavy atom. The number of aryl methyl sites for hydroxylation is 1. The minimum absolute atomic E-state index is 0.154. The highest BCUT2D eigenvalue weighted by atomic mass is 32.2. The average Bonchev–Trinajstić information content (AvgIpc) is 3.25. The summed E-state index contributed by atoms with van der Waals surface area (Å²) in [6.45, 7) is 2.41. The highest BCUT2D eigenvalue weighted by molar-refractivity contribution is 7.92. The van der Waals surface area contributed by atoms with Crippen molar-refractivity contribution in [1.82, 2.24) is 14.6 Å². The summed E-state index contributed by atoms with van der Waals surface area (Å²) in [5.41, 5.74) is 4.31. The van der Waals surface area contributed by atoms with Crippen LogP contribution in [-0.2, 0) is 16.6 Å². The Bertz CT molecular complexity index is 1600. The molecule has 2 aromatic heterocycles. The zero-order valence-electron chi connectivity index (χ0n) is 18.9. The molecule has 0 aliphatic heterocycles. The maximum Gasteiger partial charge on any atom is 0.261 e. The van der Waals surface area contributed by atoms with Crippen LogP contribution in [0.5, 0.6) is 5.75 Å². The summed E-state index contributed by atoms with van der Waals surface area (Å²) in [5, 5.41) is 18.1. The van der Waals surface area contributed by atoms with Crippen LogP contribution in [0.2, 0.25) is 0 Å². The van der Waals surface area contributed by atoms with Crippen LogP contribution in [0.15, 0.2) is 96.0 Å². The maximum atomic E-state index is 12.5. The Balaban J connectivity index is 1.36. The van der Waals surface area contributed by atoms with Gasteiger partial charge in [-0.3, -0.25) is 4.72 Å². The van der Waals surface area contributed by atoms with E-state index in [4.69, 9.17) is 0 Å². The molecule has 0 bridgehead atoms. The third-order valence-electron chi connectivity index (χ3n) is 5.56. The monoisotopic (exact) mass is 485 g/mol. The molecule has 9 heteroatoms. The zero-order chi connectivity index (χ0) is 24.4. The van der Waals surface area contributed by atoms with Crippen molar-refractivity contribution in [2.75, 3.05) is 10.0 Å². The first-order valence-corrected chi connectivity index (χ1v) is 12.4. The number of hydrogen-bond acceptors (Lipinski definition) is 6. The Labute approximate surface area is 203 Å². The van der Waals surface area contributed by atoms with E-state index in [9.17, 15) is 13.5 Å². The molecule has 3 N–H and O–H groups in total. The predicted octanol–water partition coefficient (Wildman–Crippen LogP) is 4.82. The lowest BCUT2D eigenvalue weighted by molar-refractivity contribution is 0.477. The van der Waals surface area contributed by atoms with E-state index in [1.165, 1.54) is 0 Å². The molecule has 0 saturated carbocycles. The molecule has 3 aromatic carbocycles. The summed E-state index contributed by atoms with van der Waals surface area (Å²) >= 11 is 0. The molecule has 5 aromatic rings. The molecule has 0 radical (unpaired) electrons. The van der Waals surface area contributed by atoms with E-state index in [0.717, 1.165) is 16.9 Å². The molecule has 2 heterocycles. The molecule has 0 fully saturated rings. The fourth-order valence-electron chi connectivity index (χ4n) is 3.72. The Morgan fingerprint density at radius 3 is 2.40 bits per heavy atom. The number of aromatic hydroxyl groups is 1. The smallest absolute Gasteiger partial charge is 0.261 e. The number of benzene rings is 3. The molecule has 0 aliphatic carbocycles. The van der Waals surface area contributed by atoms with Crippen molar-refractivity contribution < 1.29 is 13.5 Å². The second-order valence-corrected chi connectivity index (χ2v) is 9.76. The van der Waals surface area contributed by atoms with Gasteiger partial charge in [0.25, 0.3) is 10.0 Å². The predicted molar refractivity (Wildman–Crippen MR) is 136 cm³/mol. The van der Waals surface area contributed by atoms with E-state index in [1.807, 2.05) is 37.3 Å². The van der Waals surface area contributed by atoms with Gasteiger partial charge in [0.15, 0.2) is 5.65 Å². The number of phenols is 1. The van der Waals surface area contributed by atoms with Crippen molar-refractivity contribution >= 4 is 27.2 Å². The van der Waals surface area contributed by atoms with Crippen LogP contribution in [0.25, 0.3) is 16.9 Å². The second-order valence-electron chi connectivity index (χ2n) is 8.08. The van der Waals surface area contributed by atoms with Gasteiger partial charge in [0, 0.05) is 29.4 Å². The fraction of sp³-hybridized carbons (Fsp3) is 0.0769. The first-order chi connectivity index (χ1) is 16.9. The molecule has 8 nitrogen and oxygen atoms in total. The van der Waals surface area contributed by atoms with Gasteiger partial charge < -0.3 is 10.4 Å². The Morgan fingerprint density at radius 2 is 1.66 bits per heavy atom. The van der Waals surface area contributed by atoms with Gasteiger partial charge in [-0.25, -0.2) is 13.4 Å². The molecule has 0 saturated heterocycles. The van der Waals surface area contributed by atoms with Gasteiger partial charge >= 0.3 is 0 Å². The average molecular weight is 486 g/mol. The maximum absolute atomic E-state index is 12.5. The lowest BCUT2D eigenvalue weighted by atomic mass is 10.1. The number of phenolic OH excluding ortho intramolecular Hbond substituents is 1. The van der Waals surface area contributed by atoms with Crippen LogP contribution in [0.3, 0.4) is 0 Å². The first kappa shape index (κ1) is 22.4. The number of nitrogens with one attached hydrogen (secondary N) is 2. The number of fused-ring (bicyclic) bond motifs is 1. The van der Waals surface area contributed by atoms with E-state index < -0.39 is 10.0 Å². The summed E-state index contributed by atoms with van der Waals surface area (Å²) in [6, 6.07) is 24.3. The second kappa shape index (κ2) is 9.11. The van der Waals surface area contributed by atoms with Gasteiger partial charge in [-0.1, -0.05) is 42.5 Å². The topological polar surface area (TPSA) is 109 Å². The van der Waals surface area contributed by atoms with Gasteiger partial charge in [0.1, 0.15) is 11.6 Å². The van der Waals surface area contributed by atoms with Crippen LogP contribution < -0.4 is 10.0 Å². The minimum atomic E-state index is -3.64. The minimum Gasteiger partial charge on any atom is -0.507 e.